The Balaban J connectivity index is 1.59. The second-order valence-corrected chi connectivity index (χ2v) is 8.16. The number of amides is 1. The van der Waals surface area contributed by atoms with Crippen LogP contribution in [0.4, 0.5) is 13.2 Å². The lowest BCUT2D eigenvalue weighted by Crippen LogP contribution is -2.54. The molecule has 156 valence electrons. The normalized spacial score (nSPS) is 22.6. The summed E-state index contributed by atoms with van der Waals surface area (Å²) in [5.74, 6) is 0.216. The number of halogens is 3. The molecular weight excluding hydrogens is 369 g/mol. The van der Waals surface area contributed by atoms with Crippen molar-refractivity contribution in [2.45, 2.75) is 62.8 Å². The molecule has 2 aliphatic rings. The molecule has 1 saturated heterocycles. The summed E-state index contributed by atoms with van der Waals surface area (Å²) in [4.78, 5) is 14.4. The highest BCUT2D eigenvalue weighted by molar-refractivity contribution is 5.78. The van der Waals surface area contributed by atoms with E-state index in [2.05, 4.69) is 5.32 Å². The summed E-state index contributed by atoms with van der Waals surface area (Å²) in [6.45, 7) is 0.176. The zero-order valence-electron chi connectivity index (χ0n) is 16.0. The molecule has 2 N–H and O–H groups in total. The second-order valence-electron chi connectivity index (χ2n) is 8.16. The maximum Gasteiger partial charge on any atom is 0.417 e. The fourth-order valence-electron chi connectivity index (χ4n) is 4.39. The van der Waals surface area contributed by atoms with Gasteiger partial charge in [0.1, 0.15) is 0 Å². The van der Waals surface area contributed by atoms with Crippen molar-refractivity contribution in [1.82, 2.24) is 10.2 Å². The van der Waals surface area contributed by atoms with Crippen molar-refractivity contribution in [1.29, 1.82) is 0 Å². The van der Waals surface area contributed by atoms with Crippen LogP contribution < -0.4 is 5.32 Å². The standard InChI is InChI=1S/C21H29F3N2O2/c22-21(23,24)20(28)11-13-26(14-12-20)15-18(27)25-19(16-7-3-1-4-8-16)17-9-5-2-6-10-17/h1,3-4,7-8,17,19,28H,2,5-6,9-15H2,(H,25,27). The van der Waals surface area contributed by atoms with Crippen LogP contribution in [0.1, 0.15) is 56.6 Å². The fourth-order valence-corrected chi connectivity index (χ4v) is 4.39. The molecule has 1 saturated carbocycles. The van der Waals surface area contributed by atoms with Gasteiger partial charge in [-0.05, 0) is 37.2 Å². The predicted molar refractivity (Wildman–Crippen MR) is 101 cm³/mol. The van der Waals surface area contributed by atoms with Crippen LogP contribution in [0, 0.1) is 5.92 Å². The van der Waals surface area contributed by atoms with E-state index < -0.39 is 24.6 Å². The molecule has 1 aliphatic heterocycles. The molecule has 1 aromatic carbocycles. The molecule has 1 amide bonds. The number of hydrogen-bond acceptors (Lipinski definition) is 3. The molecule has 1 atom stereocenters. The number of nitrogens with one attached hydrogen (secondary N) is 1. The molecule has 28 heavy (non-hydrogen) atoms. The maximum absolute atomic E-state index is 12.9. The first-order chi connectivity index (χ1) is 13.3. The SMILES string of the molecule is O=C(CN1CCC(O)(C(F)(F)F)CC1)NC(c1ccccc1)C1CCCCC1. The highest BCUT2D eigenvalue weighted by atomic mass is 19.4. The minimum atomic E-state index is -4.62. The van der Waals surface area contributed by atoms with Gasteiger partial charge in [-0.2, -0.15) is 13.2 Å². The van der Waals surface area contributed by atoms with E-state index in [1.54, 1.807) is 4.90 Å². The zero-order chi connectivity index (χ0) is 20.2. The van der Waals surface area contributed by atoms with Gasteiger partial charge in [0.2, 0.25) is 5.91 Å². The van der Waals surface area contributed by atoms with Crippen LogP contribution in [0.3, 0.4) is 0 Å². The first-order valence-corrected chi connectivity index (χ1v) is 10.1. The van der Waals surface area contributed by atoms with E-state index in [1.165, 1.54) is 6.42 Å². The Morgan fingerprint density at radius 2 is 1.75 bits per heavy atom. The molecule has 0 spiro atoms. The number of rotatable bonds is 5. The monoisotopic (exact) mass is 398 g/mol. The van der Waals surface area contributed by atoms with Gasteiger partial charge in [-0.15, -0.1) is 0 Å². The third-order valence-electron chi connectivity index (χ3n) is 6.17. The van der Waals surface area contributed by atoms with Crippen molar-refractivity contribution >= 4 is 5.91 Å². The molecule has 1 aliphatic carbocycles. The molecule has 4 nitrogen and oxygen atoms in total. The molecule has 0 bridgehead atoms. The van der Waals surface area contributed by atoms with Crippen LogP contribution in [-0.2, 0) is 4.79 Å². The van der Waals surface area contributed by atoms with Gasteiger partial charge in [0.25, 0.3) is 0 Å². The molecule has 3 rings (SSSR count). The van der Waals surface area contributed by atoms with Crippen molar-refractivity contribution < 1.29 is 23.1 Å². The summed E-state index contributed by atoms with van der Waals surface area (Å²) >= 11 is 0. The minimum absolute atomic E-state index is 0.0584. The van der Waals surface area contributed by atoms with E-state index in [4.69, 9.17) is 0 Å². The van der Waals surface area contributed by atoms with Crippen LogP contribution in [0.5, 0.6) is 0 Å². The molecule has 1 heterocycles. The summed E-state index contributed by atoms with van der Waals surface area (Å²) in [6, 6.07) is 9.83. The Kier molecular flexibility index (Phi) is 6.65. The van der Waals surface area contributed by atoms with Crippen molar-refractivity contribution in [3.63, 3.8) is 0 Å². The molecule has 0 radical (unpaired) electrons. The van der Waals surface area contributed by atoms with Gasteiger partial charge in [-0.3, -0.25) is 9.69 Å². The summed E-state index contributed by atoms with van der Waals surface area (Å²) in [6.07, 6.45) is 0.272. The number of nitrogens with zero attached hydrogens (tertiary/aromatic N) is 1. The lowest BCUT2D eigenvalue weighted by molar-refractivity contribution is -0.272. The van der Waals surface area contributed by atoms with Gasteiger partial charge >= 0.3 is 6.18 Å². The average molecular weight is 398 g/mol. The first-order valence-electron chi connectivity index (χ1n) is 10.1. The molecule has 0 aromatic heterocycles. The molecule has 1 aromatic rings. The van der Waals surface area contributed by atoms with Gasteiger partial charge < -0.3 is 10.4 Å². The number of likely N-dealkylation sites (tertiary alicyclic amines) is 1. The lowest BCUT2D eigenvalue weighted by atomic mass is 9.81. The number of carbonyl (C=O) groups is 1. The molecule has 2 fully saturated rings. The Hall–Kier alpha value is -1.60. The average Bonchev–Trinajstić information content (AvgIpc) is 2.68. The number of aliphatic hydroxyl groups is 1. The van der Waals surface area contributed by atoms with Gasteiger partial charge in [0.15, 0.2) is 5.60 Å². The summed E-state index contributed by atoms with van der Waals surface area (Å²) < 4.78 is 38.8. The van der Waals surface area contributed by atoms with Crippen LogP contribution in [0.2, 0.25) is 0 Å². The quantitative estimate of drug-likeness (QED) is 0.793. The number of alkyl halides is 3. The summed E-state index contributed by atoms with van der Waals surface area (Å²) in [7, 11) is 0. The summed E-state index contributed by atoms with van der Waals surface area (Å²) in [5.41, 5.74) is -1.55. The fraction of sp³-hybridized carbons (Fsp3) is 0.667. The smallest absolute Gasteiger partial charge is 0.380 e. The van der Waals surface area contributed by atoms with Gasteiger partial charge in [0, 0.05) is 13.1 Å². The van der Waals surface area contributed by atoms with Crippen molar-refractivity contribution in [2.24, 2.45) is 5.92 Å². The topological polar surface area (TPSA) is 52.6 Å². The molecule has 1 unspecified atom stereocenters. The van der Waals surface area contributed by atoms with Crippen molar-refractivity contribution in [2.75, 3.05) is 19.6 Å². The Morgan fingerprint density at radius 3 is 2.32 bits per heavy atom. The second kappa shape index (κ2) is 8.82. The van der Waals surface area contributed by atoms with Crippen molar-refractivity contribution in [3.8, 4) is 0 Å². The Bertz CT molecular complexity index is 637. The number of hydrogen-bond donors (Lipinski definition) is 2. The molecular formula is C21H29F3N2O2. The third-order valence-corrected chi connectivity index (χ3v) is 6.17. The highest BCUT2D eigenvalue weighted by Crippen LogP contribution is 2.38. The van der Waals surface area contributed by atoms with Crippen LogP contribution in [-0.4, -0.2) is 47.3 Å². The van der Waals surface area contributed by atoms with E-state index in [-0.39, 0.29) is 31.6 Å². The Labute approximate surface area is 164 Å². The van der Waals surface area contributed by atoms with E-state index in [9.17, 15) is 23.1 Å². The largest absolute Gasteiger partial charge is 0.417 e. The number of piperidine rings is 1. The number of carbonyl (C=O) groups excluding carboxylic acids is 1. The predicted octanol–water partition coefficient (Wildman–Crippen LogP) is 3.81. The van der Waals surface area contributed by atoms with E-state index in [0.717, 1.165) is 31.2 Å². The minimum Gasteiger partial charge on any atom is -0.380 e. The van der Waals surface area contributed by atoms with Crippen LogP contribution in [0.25, 0.3) is 0 Å². The highest BCUT2D eigenvalue weighted by Gasteiger charge is 2.54. The Morgan fingerprint density at radius 1 is 1.14 bits per heavy atom. The van der Waals surface area contributed by atoms with E-state index in [0.29, 0.717) is 5.92 Å². The maximum atomic E-state index is 12.9. The van der Waals surface area contributed by atoms with Crippen molar-refractivity contribution in [3.05, 3.63) is 35.9 Å². The summed E-state index contributed by atoms with van der Waals surface area (Å²) in [5, 5.41) is 12.9. The lowest BCUT2D eigenvalue weighted by Gasteiger charge is -2.39. The van der Waals surface area contributed by atoms with Gasteiger partial charge in [0.05, 0.1) is 12.6 Å². The van der Waals surface area contributed by atoms with Gasteiger partial charge in [-0.25, -0.2) is 0 Å². The van der Waals surface area contributed by atoms with E-state index in [1.807, 2.05) is 30.3 Å². The molecule has 7 heteroatoms. The van der Waals surface area contributed by atoms with Crippen LogP contribution in [0.15, 0.2) is 30.3 Å². The first kappa shape index (κ1) is 21.1. The number of benzene rings is 1. The van der Waals surface area contributed by atoms with E-state index >= 15 is 0 Å². The van der Waals surface area contributed by atoms with Crippen LogP contribution >= 0.6 is 0 Å². The third kappa shape index (κ3) is 5.06. The zero-order valence-corrected chi connectivity index (χ0v) is 16.0. The van der Waals surface area contributed by atoms with Gasteiger partial charge in [-0.1, -0.05) is 49.6 Å².